The van der Waals surface area contributed by atoms with Crippen molar-refractivity contribution in [3.63, 3.8) is 0 Å². The zero-order chi connectivity index (χ0) is 97.1. The molecule has 0 radical (unpaired) electrons. The van der Waals surface area contributed by atoms with Crippen molar-refractivity contribution in [2.24, 2.45) is 57.7 Å². The second-order valence-electron chi connectivity index (χ2n) is 42.3. The highest BCUT2D eigenvalue weighted by molar-refractivity contribution is 6.30. The lowest BCUT2D eigenvalue weighted by Crippen LogP contribution is -2.38. The Morgan fingerprint density at radius 3 is 1.21 bits per heavy atom. The van der Waals surface area contributed by atoms with Gasteiger partial charge in [-0.15, -0.1) is 0 Å². The third kappa shape index (κ3) is 62.1. The van der Waals surface area contributed by atoms with E-state index in [1.165, 1.54) is 125 Å². The molecule has 724 valence electrons. The van der Waals surface area contributed by atoms with Gasteiger partial charge in [0.2, 0.25) is 0 Å². The summed E-state index contributed by atoms with van der Waals surface area (Å²) in [6, 6.07) is 66.8. The number of hydrogen-bond donors (Lipinski definition) is 0. The van der Waals surface area contributed by atoms with Crippen LogP contribution in [0, 0.1) is 70.4 Å². The Kier molecular flexibility index (Phi) is 65.2. The Morgan fingerprint density at radius 2 is 0.891 bits per heavy atom. The Morgan fingerprint density at radius 1 is 0.445 bits per heavy atom. The molecule has 1 spiro atoms. The van der Waals surface area contributed by atoms with Crippen molar-refractivity contribution in [2.75, 3.05) is 32.8 Å². The average molecular weight is 1790 g/mol. The number of para-hydroxylation sites is 1. The third-order valence-electron chi connectivity index (χ3n) is 24.8. The molecule has 4 heterocycles. The van der Waals surface area contributed by atoms with E-state index in [0.29, 0.717) is 52.8 Å². The first-order chi connectivity index (χ1) is 60.1. The van der Waals surface area contributed by atoms with Gasteiger partial charge in [-0.1, -0.05) is 330 Å². The number of likely N-dealkylation sites (tertiary alicyclic amines) is 2. The molecule has 2 saturated heterocycles. The van der Waals surface area contributed by atoms with Crippen LogP contribution in [0.4, 0.5) is 4.39 Å². The lowest BCUT2D eigenvalue weighted by molar-refractivity contribution is 0.0657. The largest absolute Gasteiger partial charge is 0.491 e. The van der Waals surface area contributed by atoms with Crippen molar-refractivity contribution in [1.82, 2.24) is 19.4 Å². The molecule has 5 fully saturated rings. The zero-order valence-electron chi connectivity index (χ0n) is 89.0. The Balaban J connectivity index is 0.00000136. The summed E-state index contributed by atoms with van der Waals surface area (Å²) in [5, 5.41) is 0.825. The summed E-state index contributed by atoms with van der Waals surface area (Å²) in [6.07, 6.45) is 24.1. The van der Waals surface area contributed by atoms with E-state index in [1.54, 1.807) is 13.0 Å². The number of fused-ring (bicyclic) bond motifs is 1. The van der Waals surface area contributed by atoms with Crippen LogP contribution < -0.4 is 4.74 Å². The molecular weight excluding hydrogens is 1590 g/mol. The van der Waals surface area contributed by atoms with Gasteiger partial charge in [0.05, 0.1) is 24.9 Å². The first-order valence-electron chi connectivity index (χ1n) is 50.2. The molecule has 9 heteroatoms. The van der Waals surface area contributed by atoms with E-state index in [-0.39, 0.29) is 11.9 Å². The number of halogens is 2. The van der Waals surface area contributed by atoms with Gasteiger partial charge in [-0.25, -0.2) is 4.39 Å². The van der Waals surface area contributed by atoms with Crippen molar-refractivity contribution < 1.29 is 18.6 Å². The summed E-state index contributed by atoms with van der Waals surface area (Å²) < 4.78 is 31.3. The van der Waals surface area contributed by atoms with E-state index in [1.807, 2.05) is 149 Å². The lowest BCUT2D eigenvalue weighted by Gasteiger charge is -2.34. The lowest BCUT2D eigenvalue weighted by atomic mass is 9.79. The summed E-state index contributed by atoms with van der Waals surface area (Å²) in [6.45, 7) is 85.9. The van der Waals surface area contributed by atoms with E-state index < -0.39 is 0 Å². The van der Waals surface area contributed by atoms with Gasteiger partial charge in [0, 0.05) is 67.1 Å². The van der Waals surface area contributed by atoms with Gasteiger partial charge in [-0.2, -0.15) is 0 Å². The average Bonchev–Trinajstić information content (AvgIpc) is 1.64. The highest BCUT2D eigenvalue weighted by Gasteiger charge is 2.44. The number of aromatic nitrogens is 2. The van der Waals surface area contributed by atoms with Crippen LogP contribution in [-0.2, 0) is 22.5 Å². The molecule has 13 rings (SSSR count). The third-order valence-corrected chi connectivity index (χ3v) is 25.0. The summed E-state index contributed by atoms with van der Waals surface area (Å²) in [5.41, 5.74) is 10.2. The van der Waals surface area contributed by atoms with Crippen molar-refractivity contribution in [3.05, 3.63) is 263 Å². The molecular formula is C119H196ClFN4O3. The minimum absolute atomic E-state index is 0.101. The first kappa shape index (κ1) is 122. The topological polar surface area (TPSA) is 52.0 Å². The predicted molar refractivity (Wildman–Crippen MR) is 565 cm³/mol. The van der Waals surface area contributed by atoms with E-state index >= 15 is 0 Å². The normalized spacial score (nSPS) is 15.2. The minimum Gasteiger partial charge on any atom is -0.491 e. The van der Waals surface area contributed by atoms with Gasteiger partial charge in [0.1, 0.15) is 11.6 Å². The van der Waals surface area contributed by atoms with Crippen molar-refractivity contribution in [1.29, 1.82) is 0 Å². The monoisotopic (exact) mass is 1780 g/mol. The fourth-order valence-corrected chi connectivity index (χ4v) is 12.9. The number of piperidine rings is 1. The van der Waals surface area contributed by atoms with E-state index in [4.69, 9.17) is 25.8 Å². The van der Waals surface area contributed by atoms with Crippen LogP contribution in [0.2, 0.25) is 5.02 Å². The number of rotatable bonds is 20. The van der Waals surface area contributed by atoms with Crippen LogP contribution in [0.3, 0.4) is 0 Å². The van der Waals surface area contributed by atoms with Gasteiger partial charge in [0.25, 0.3) is 0 Å². The maximum absolute atomic E-state index is 12.9. The number of nitrogens with zero attached hydrogens (tertiary/aromatic N) is 4. The van der Waals surface area contributed by atoms with Crippen molar-refractivity contribution in [3.8, 4) is 5.75 Å². The van der Waals surface area contributed by atoms with Gasteiger partial charge in [-0.3, -0.25) is 4.98 Å². The van der Waals surface area contributed by atoms with Gasteiger partial charge >= 0.3 is 0 Å². The van der Waals surface area contributed by atoms with Crippen LogP contribution in [0.25, 0.3) is 0 Å². The fourth-order valence-electron chi connectivity index (χ4n) is 12.7. The maximum Gasteiger partial charge on any atom is 0.126 e. The first-order valence-corrected chi connectivity index (χ1v) is 50.6. The molecule has 2 aliphatic heterocycles. The zero-order valence-corrected chi connectivity index (χ0v) is 89.8. The molecule has 0 amide bonds. The smallest absolute Gasteiger partial charge is 0.126 e. The molecule has 8 aromatic rings. The summed E-state index contributed by atoms with van der Waals surface area (Å²) in [4.78, 5) is 9.44. The SMILES string of the molecule is CC(C)C(C)(C)C.CC(C)Cc1ccccc1.CC(C)N1CC2CCCC2C1.CC(C)N1CCC2(CC1)CC2.CC(C)OCC1CC1.CC(C)OCc1ccccc1.CC(C)Oc1ccccc1.CC(C)c1cccc(Cl)c1.CC(C)c1ccccc1.CC(C)c1ccccn1.CC(C)n1cccc1.CCC(C)(C)C(C)C.CCC(C)C.Cc1ccc(C(C)C)cc1F. The quantitative estimate of drug-likeness (QED) is 0.0758. The molecule has 2 atom stereocenters. The van der Waals surface area contributed by atoms with E-state index in [9.17, 15) is 4.39 Å². The van der Waals surface area contributed by atoms with Crippen LogP contribution in [0.1, 0.15) is 382 Å². The molecule has 0 N–H and O–H groups in total. The highest BCUT2D eigenvalue weighted by atomic mass is 35.5. The van der Waals surface area contributed by atoms with Crippen molar-refractivity contribution in [2.45, 2.75) is 393 Å². The number of hydrogen-bond acceptors (Lipinski definition) is 6. The minimum atomic E-state index is -0.101. The molecule has 2 aromatic heterocycles. The van der Waals surface area contributed by atoms with Crippen LogP contribution >= 0.6 is 11.6 Å². The molecule has 3 saturated carbocycles. The van der Waals surface area contributed by atoms with Gasteiger partial charge in [0.15, 0.2) is 0 Å². The number of ether oxygens (including phenoxy) is 3. The molecule has 6 aromatic carbocycles. The second kappa shape index (κ2) is 68.6. The fraction of sp³-hybridized carbons (Fsp3) is 0.622. The molecule has 3 aliphatic carbocycles. The van der Waals surface area contributed by atoms with Crippen molar-refractivity contribution >= 4 is 11.6 Å². The number of pyridine rings is 1. The summed E-state index contributed by atoms with van der Waals surface area (Å²) in [5.74, 6) is 9.33. The Hall–Kier alpha value is -6.39. The number of aryl methyl sites for hydroxylation is 1. The van der Waals surface area contributed by atoms with E-state index in [0.717, 1.165) is 99.7 Å². The Bertz CT molecular complexity index is 3720. The van der Waals surface area contributed by atoms with Gasteiger partial charge in [-0.05, 0) is 330 Å². The predicted octanol–water partition coefficient (Wildman–Crippen LogP) is 35.8. The molecule has 128 heavy (non-hydrogen) atoms. The summed E-state index contributed by atoms with van der Waals surface area (Å²) >= 11 is 5.79. The second-order valence-corrected chi connectivity index (χ2v) is 42.7. The Labute approximate surface area is 796 Å². The summed E-state index contributed by atoms with van der Waals surface area (Å²) in [7, 11) is 0. The molecule has 2 unspecified atom stereocenters. The highest BCUT2D eigenvalue weighted by Crippen LogP contribution is 2.53. The standard InChI is InChI=1S/C10H13F.2C10H19N.C10H14O.C10H14.C9H11Cl.C9H12O.C9H12.C8H11N.C8H18.C7H11N.C7H14O.C7H16.C5H12/c1-7(2)9-5-4-8(3)10(11)6-9;1-9(2)11-7-5-10(3-4-10)6-8-11;1-8(2)11-6-9-4-3-5-10(9)7-11;1-9(2)11-8-10-6-4-3-5-7-10;1-9(2)8-10-6-4-3-5-7-10;1-7(2)8-4-3-5-9(10)6-8;1-8(2)10-9-6-4-3-5-7-9;1-8(2)9-6-4-3-5-7-9;1-7(2)8-5-3-4-6-9-8;1-6-8(4,5)7(2)3;1-7(2)8-5-3-4-6-8;1-6(2)8-5-7-3-4-7;1-6(2)7(3,4)5;1-4-5(2)3/h4-7H,1-3H3;9H,3-8H2,1-2H3;8-10H,3-7H2,1-2H3;3-7,9H,8H2,1-2H3;3-7,9H,8H2,1-2H3;3-7H,1-2H3;3-8H,1-2H3;3-8H,1-2H3;3-7H,1-2H3;7H,6H2,1-5H3;3-7H,1-2H3;6-7H,3-5H2,1-2H3;6H,1-5H3;5H,4H2,1-3H3. The molecule has 0 bridgehead atoms. The van der Waals surface area contributed by atoms with E-state index in [2.05, 4.69) is 319 Å². The molecule has 5 aliphatic rings. The number of benzene rings is 6. The maximum atomic E-state index is 12.9. The van der Waals surface area contributed by atoms with Gasteiger partial charge < -0.3 is 28.6 Å². The molecule has 7 nitrogen and oxygen atoms in total. The van der Waals surface area contributed by atoms with Crippen LogP contribution in [0.15, 0.2) is 213 Å². The van der Waals surface area contributed by atoms with Crippen LogP contribution in [0.5, 0.6) is 5.75 Å². The van der Waals surface area contributed by atoms with Crippen LogP contribution in [-0.4, -0.2) is 82.5 Å².